The first-order valence-electron chi connectivity index (χ1n) is 12.2. The zero-order chi connectivity index (χ0) is 25.7. The highest BCUT2D eigenvalue weighted by atomic mass is 35.5. The van der Waals surface area contributed by atoms with Crippen LogP contribution in [0.25, 0.3) is 16.6 Å². The summed E-state index contributed by atoms with van der Waals surface area (Å²) in [4.78, 5) is 33.7. The molecule has 0 aliphatic carbocycles. The minimum atomic E-state index is -0.572. The van der Waals surface area contributed by atoms with Gasteiger partial charge in [0.1, 0.15) is 11.6 Å². The van der Waals surface area contributed by atoms with Crippen molar-refractivity contribution in [1.82, 2.24) is 14.5 Å². The molecule has 0 spiro atoms. The van der Waals surface area contributed by atoms with Gasteiger partial charge in [-0.3, -0.25) is 14.2 Å². The number of nitrogens with zero attached hydrogens (tertiary/aromatic N) is 3. The molecule has 4 rings (SSSR count). The second-order valence-electron chi connectivity index (χ2n) is 8.83. The summed E-state index contributed by atoms with van der Waals surface area (Å²) in [5.74, 6) is -0.172. The van der Waals surface area contributed by atoms with Crippen LogP contribution >= 0.6 is 11.6 Å². The third-order valence-corrected chi connectivity index (χ3v) is 6.64. The molecule has 36 heavy (non-hydrogen) atoms. The van der Waals surface area contributed by atoms with E-state index in [2.05, 4.69) is 6.92 Å². The standard InChI is InChI=1S/C29H29ClFN3O2/c1-3-4-18-33(27(35)17-14-21-10-6-5-7-11-21)20(2)28-32-26-13-9-8-12-23(26)29(36)34(28)22-15-16-25(31)24(30)19-22/h5-13,15-16,19-20H,3-4,14,17-18H2,1-2H3. The molecule has 1 atom stereocenters. The van der Waals surface area contributed by atoms with Crippen LogP contribution in [0.2, 0.25) is 5.02 Å². The number of fused-ring (bicyclic) bond motifs is 1. The normalized spacial score (nSPS) is 12.0. The maximum Gasteiger partial charge on any atom is 0.266 e. The number of benzene rings is 3. The summed E-state index contributed by atoms with van der Waals surface area (Å²) in [6.07, 6.45) is 2.71. The van der Waals surface area contributed by atoms with Gasteiger partial charge in [0, 0.05) is 13.0 Å². The molecule has 1 aromatic heterocycles. The molecule has 1 amide bonds. The molecule has 0 N–H and O–H groups in total. The predicted octanol–water partition coefficient (Wildman–Crippen LogP) is 6.50. The molecule has 0 saturated carbocycles. The van der Waals surface area contributed by atoms with Gasteiger partial charge in [-0.2, -0.15) is 0 Å². The van der Waals surface area contributed by atoms with Crippen molar-refractivity contribution in [3.05, 3.63) is 105 Å². The van der Waals surface area contributed by atoms with Crippen molar-refractivity contribution in [3.8, 4) is 5.69 Å². The number of rotatable bonds is 9. The molecule has 3 aromatic carbocycles. The summed E-state index contributed by atoms with van der Waals surface area (Å²) in [5, 5.41) is 0.345. The quantitative estimate of drug-likeness (QED) is 0.261. The van der Waals surface area contributed by atoms with Gasteiger partial charge < -0.3 is 4.90 Å². The Morgan fingerprint density at radius 2 is 1.81 bits per heavy atom. The molecule has 4 aromatic rings. The first-order chi connectivity index (χ1) is 17.4. The topological polar surface area (TPSA) is 55.2 Å². The van der Waals surface area contributed by atoms with E-state index in [1.54, 1.807) is 23.1 Å². The Morgan fingerprint density at radius 1 is 1.08 bits per heavy atom. The van der Waals surface area contributed by atoms with Crippen LogP contribution in [0.3, 0.4) is 0 Å². The van der Waals surface area contributed by atoms with Crippen LogP contribution in [-0.4, -0.2) is 26.9 Å². The maximum atomic E-state index is 13.9. The van der Waals surface area contributed by atoms with E-state index in [9.17, 15) is 14.0 Å². The van der Waals surface area contributed by atoms with Crippen molar-refractivity contribution in [1.29, 1.82) is 0 Å². The van der Waals surface area contributed by atoms with E-state index in [-0.39, 0.29) is 16.5 Å². The number of para-hydroxylation sites is 1. The van der Waals surface area contributed by atoms with Crippen LogP contribution in [0, 0.1) is 5.82 Å². The van der Waals surface area contributed by atoms with Gasteiger partial charge in [0.15, 0.2) is 0 Å². The van der Waals surface area contributed by atoms with Crippen molar-refractivity contribution in [2.75, 3.05) is 6.54 Å². The number of carbonyl (C=O) groups is 1. The average Bonchev–Trinajstić information content (AvgIpc) is 2.90. The average molecular weight is 506 g/mol. The lowest BCUT2D eigenvalue weighted by atomic mass is 10.1. The van der Waals surface area contributed by atoms with Gasteiger partial charge in [-0.05, 0) is 55.7 Å². The molecule has 1 unspecified atom stereocenters. The molecule has 5 nitrogen and oxygen atoms in total. The van der Waals surface area contributed by atoms with Crippen LogP contribution in [0.15, 0.2) is 77.6 Å². The second-order valence-corrected chi connectivity index (χ2v) is 9.24. The molecular weight excluding hydrogens is 477 g/mol. The van der Waals surface area contributed by atoms with Crippen molar-refractivity contribution >= 4 is 28.4 Å². The fraction of sp³-hybridized carbons (Fsp3) is 0.276. The lowest BCUT2D eigenvalue weighted by Crippen LogP contribution is -2.38. The Balaban J connectivity index is 1.79. The van der Waals surface area contributed by atoms with Crippen molar-refractivity contribution in [2.45, 2.75) is 45.6 Å². The molecule has 0 saturated heterocycles. The summed E-state index contributed by atoms with van der Waals surface area (Å²) in [7, 11) is 0. The molecule has 0 fully saturated rings. The largest absolute Gasteiger partial charge is 0.333 e. The van der Waals surface area contributed by atoms with Gasteiger partial charge >= 0.3 is 0 Å². The van der Waals surface area contributed by atoms with Gasteiger partial charge in [0.05, 0.1) is 27.7 Å². The lowest BCUT2D eigenvalue weighted by molar-refractivity contribution is -0.133. The summed E-state index contributed by atoms with van der Waals surface area (Å²) in [5.41, 5.74) is 1.74. The summed E-state index contributed by atoms with van der Waals surface area (Å²) in [6.45, 7) is 4.49. The van der Waals surface area contributed by atoms with Gasteiger partial charge in [-0.25, -0.2) is 9.37 Å². The van der Waals surface area contributed by atoms with E-state index in [0.29, 0.717) is 41.8 Å². The number of aromatic nitrogens is 2. The van der Waals surface area contributed by atoms with Crippen molar-refractivity contribution in [3.63, 3.8) is 0 Å². The van der Waals surface area contributed by atoms with Crippen LogP contribution in [-0.2, 0) is 11.2 Å². The van der Waals surface area contributed by atoms with Gasteiger partial charge in [-0.1, -0.05) is 67.4 Å². The minimum absolute atomic E-state index is 0.00843. The second kappa shape index (κ2) is 11.5. The first kappa shape index (κ1) is 25.6. The van der Waals surface area contributed by atoms with Crippen molar-refractivity contribution < 1.29 is 9.18 Å². The van der Waals surface area contributed by atoms with E-state index in [0.717, 1.165) is 18.4 Å². The number of aryl methyl sites for hydroxylation is 1. The summed E-state index contributed by atoms with van der Waals surface area (Å²) in [6, 6.07) is 20.6. The fourth-order valence-corrected chi connectivity index (χ4v) is 4.52. The highest BCUT2D eigenvalue weighted by Gasteiger charge is 2.26. The Bertz CT molecular complexity index is 1420. The first-order valence-corrected chi connectivity index (χ1v) is 12.6. The zero-order valence-electron chi connectivity index (χ0n) is 20.5. The van der Waals surface area contributed by atoms with Crippen LogP contribution in [0.4, 0.5) is 4.39 Å². The Morgan fingerprint density at radius 3 is 2.53 bits per heavy atom. The van der Waals surface area contributed by atoms with Gasteiger partial charge in [0.25, 0.3) is 5.56 Å². The summed E-state index contributed by atoms with van der Waals surface area (Å²) >= 11 is 6.07. The monoisotopic (exact) mass is 505 g/mol. The SMILES string of the molecule is CCCCN(C(=O)CCc1ccccc1)C(C)c1nc2ccccc2c(=O)n1-c1ccc(F)c(Cl)c1. The van der Waals surface area contributed by atoms with Crippen LogP contribution in [0.5, 0.6) is 0 Å². The molecule has 7 heteroatoms. The Kier molecular flexibility index (Phi) is 8.16. The fourth-order valence-electron chi connectivity index (χ4n) is 4.35. The molecule has 0 aliphatic rings. The highest BCUT2D eigenvalue weighted by Crippen LogP contribution is 2.26. The maximum absolute atomic E-state index is 13.9. The van der Waals surface area contributed by atoms with Gasteiger partial charge in [0.2, 0.25) is 5.91 Å². The number of unbranched alkanes of at least 4 members (excludes halogenated alkanes) is 1. The molecule has 0 aliphatic heterocycles. The number of carbonyl (C=O) groups excluding carboxylic acids is 1. The van der Waals surface area contributed by atoms with E-state index in [4.69, 9.17) is 16.6 Å². The molecule has 0 bridgehead atoms. The van der Waals surface area contributed by atoms with Crippen molar-refractivity contribution in [2.24, 2.45) is 0 Å². The lowest BCUT2D eigenvalue weighted by Gasteiger charge is -2.31. The number of hydrogen-bond donors (Lipinski definition) is 0. The molecule has 1 heterocycles. The number of hydrogen-bond acceptors (Lipinski definition) is 3. The van der Waals surface area contributed by atoms with Crippen LogP contribution < -0.4 is 5.56 Å². The number of amides is 1. The van der Waals surface area contributed by atoms with E-state index >= 15 is 0 Å². The highest BCUT2D eigenvalue weighted by molar-refractivity contribution is 6.30. The number of halogens is 2. The third kappa shape index (κ3) is 5.49. The smallest absolute Gasteiger partial charge is 0.266 e. The zero-order valence-corrected chi connectivity index (χ0v) is 21.2. The van der Waals surface area contributed by atoms with Crippen LogP contribution in [0.1, 0.15) is 50.5 Å². The van der Waals surface area contributed by atoms with E-state index in [1.165, 1.54) is 22.8 Å². The molecule has 0 radical (unpaired) electrons. The van der Waals surface area contributed by atoms with E-state index < -0.39 is 11.9 Å². The minimum Gasteiger partial charge on any atom is -0.333 e. The predicted molar refractivity (Wildman–Crippen MR) is 142 cm³/mol. The van der Waals surface area contributed by atoms with E-state index in [1.807, 2.05) is 43.3 Å². The Labute approximate surface area is 215 Å². The molecular formula is C29H29ClFN3O2. The Hall–Kier alpha value is -3.51. The summed E-state index contributed by atoms with van der Waals surface area (Å²) < 4.78 is 15.4. The molecule has 186 valence electrons. The third-order valence-electron chi connectivity index (χ3n) is 6.35. The van der Waals surface area contributed by atoms with Gasteiger partial charge in [-0.15, -0.1) is 0 Å².